The lowest BCUT2D eigenvalue weighted by molar-refractivity contribution is -0.143. The molecule has 0 fully saturated rings. The van der Waals surface area contributed by atoms with Gasteiger partial charge in [-0.3, -0.25) is 19.2 Å². The second kappa shape index (κ2) is 12.9. The monoisotopic (exact) mass is 501 g/mol. The summed E-state index contributed by atoms with van der Waals surface area (Å²) in [4.78, 5) is 60.5. The fraction of sp³-hybridized carbons (Fsp3) is 0.207. The Morgan fingerprint density at radius 2 is 1.27 bits per heavy atom. The van der Waals surface area contributed by atoms with Gasteiger partial charge in [-0.1, -0.05) is 42.5 Å². The van der Waals surface area contributed by atoms with Crippen molar-refractivity contribution in [3.63, 3.8) is 0 Å². The zero-order chi connectivity index (χ0) is 26.8. The second-order valence-electron chi connectivity index (χ2n) is 8.37. The van der Waals surface area contributed by atoms with E-state index in [9.17, 15) is 24.0 Å². The van der Waals surface area contributed by atoms with Crippen LogP contribution in [-0.2, 0) is 19.1 Å². The molecule has 1 amide bonds. The average molecular weight is 502 g/mol. The molecule has 0 aliphatic rings. The summed E-state index contributed by atoms with van der Waals surface area (Å²) in [6.45, 7) is 3.06. The lowest BCUT2D eigenvalue weighted by Gasteiger charge is -2.08. The Labute approximate surface area is 214 Å². The van der Waals surface area contributed by atoms with E-state index in [4.69, 9.17) is 9.47 Å². The molecular weight excluding hydrogens is 474 g/mol. The number of amides is 1. The van der Waals surface area contributed by atoms with Crippen molar-refractivity contribution in [2.24, 2.45) is 0 Å². The predicted octanol–water partition coefficient (Wildman–Crippen LogP) is 4.49. The summed E-state index contributed by atoms with van der Waals surface area (Å²) in [6, 6.07) is 19.7. The molecule has 37 heavy (non-hydrogen) atoms. The van der Waals surface area contributed by atoms with Crippen molar-refractivity contribution in [3.05, 3.63) is 101 Å². The van der Waals surface area contributed by atoms with E-state index in [1.54, 1.807) is 42.5 Å². The minimum absolute atomic E-state index is 0.137. The maximum atomic E-state index is 12.2. The molecule has 0 heterocycles. The van der Waals surface area contributed by atoms with Crippen LogP contribution in [0.15, 0.2) is 72.8 Å². The van der Waals surface area contributed by atoms with Crippen LogP contribution in [0.3, 0.4) is 0 Å². The lowest BCUT2D eigenvalue weighted by Crippen LogP contribution is -2.17. The number of Topliss-reactive ketones (excluding diaryl/α,β-unsaturated/α-hetero) is 2. The van der Waals surface area contributed by atoms with E-state index in [0.29, 0.717) is 16.8 Å². The molecule has 0 radical (unpaired) electrons. The van der Waals surface area contributed by atoms with Gasteiger partial charge in [0.25, 0.3) is 0 Å². The quantitative estimate of drug-likeness (QED) is 0.304. The van der Waals surface area contributed by atoms with Gasteiger partial charge in [0.15, 0.2) is 24.8 Å². The zero-order valence-corrected chi connectivity index (χ0v) is 20.6. The molecular formula is C29H27NO7. The van der Waals surface area contributed by atoms with E-state index in [-0.39, 0.29) is 36.6 Å². The van der Waals surface area contributed by atoms with Crippen LogP contribution in [0.25, 0.3) is 0 Å². The molecule has 3 aromatic carbocycles. The molecule has 190 valence electrons. The summed E-state index contributed by atoms with van der Waals surface area (Å²) in [5, 5.41) is 2.62. The first kappa shape index (κ1) is 27.0. The van der Waals surface area contributed by atoms with Crippen molar-refractivity contribution in [1.82, 2.24) is 0 Å². The highest BCUT2D eigenvalue weighted by Gasteiger charge is 2.14. The molecule has 0 aromatic heterocycles. The van der Waals surface area contributed by atoms with Crippen molar-refractivity contribution < 1.29 is 33.4 Å². The van der Waals surface area contributed by atoms with Crippen molar-refractivity contribution in [2.75, 3.05) is 18.5 Å². The molecule has 0 spiro atoms. The first-order chi connectivity index (χ1) is 17.7. The third-order valence-corrected chi connectivity index (χ3v) is 5.58. The largest absolute Gasteiger partial charge is 0.457 e. The molecule has 0 aliphatic carbocycles. The number of ketones is 2. The Balaban J connectivity index is 1.38. The van der Waals surface area contributed by atoms with E-state index in [0.717, 1.165) is 11.1 Å². The van der Waals surface area contributed by atoms with Gasteiger partial charge in [0.2, 0.25) is 5.91 Å². The molecule has 8 heteroatoms. The fourth-order valence-electron chi connectivity index (χ4n) is 3.27. The summed E-state index contributed by atoms with van der Waals surface area (Å²) >= 11 is 0. The number of hydrogen-bond donors (Lipinski definition) is 1. The van der Waals surface area contributed by atoms with E-state index in [1.165, 1.54) is 24.3 Å². The zero-order valence-electron chi connectivity index (χ0n) is 20.6. The Bertz CT molecular complexity index is 1300. The van der Waals surface area contributed by atoms with Gasteiger partial charge >= 0.3 is 11.9 Å². The van der Waals surface area contributed by atoms with Crippen molar-refractivity contribution in [1.29, 1.82) is 0 Å². The number of ether oxygens (including phenoxy) is 2. The summed E-state index contributed by atoms with van der Waals surface area (Å²) in [6.07, 6.45) is -0.325. The van der Waals surface area contributed by atoms with Crippen LogP contribution in [0.1, 0.15) is 55.0 Å². The minimum atomic E-state index is -0.666. The summed E-state index contributed by atoms with van der Waals surface area (Å²) in [5.41, 5.74) is 3.58. The van der Waals surface area contributed by atoms with Gasteiger partial charge in [0.05, 0.1) is 12.0 Å². The van der Waals surface area contributed by atoms with Crippen LogP contribution in [0.4, 0.5) is 5.69 Å². The van der Waals surface area contributed by atoms with Crippen LogP contribution in [0.2, 0.25) is 0 Å². The van der Waals surface area contributed by atoms with Crippen LogP contribution < -0.4 is 5.32 Å². The highest BCUT2D eigenvalue weighted by molar-refractivity contribution is 6.00. The van der Waals surface area contributed by atoms with Gasteiger partial charge < -0.3 is 14.8 Å². The first-order valence-corrected chi connectivity index (χ1v) is 11.6. The second-order valence-corrected chi connectivity index (χ2v) is 8.37. The Hall–Kier alpha value is -4.59. The maximum Gasteiger partial charge on any atom is 0.338 e. The molecule has 0 atom stereocenters. The van der Waals surface area contributed by atoms with Crippen LogP contribution >= 0.6 is 0 Å². The number of carbonyl (C=O) groups excluding carboxylic acids is 5. The molecule has 0 bridgehead atoms. The van der Waals surface area contributed by atoms with Crippen LogP contribution in [-0.4, -0.2) is 42.6 Å². The first-order valence-electron chi connectivity index (χ1n) is 11.6. The number of aryl methyl sites for hydroxylation is 2. The van der Waals surface area contributed by atoms with Crippen LogP contribution in [0.5, 0.6) is 0 Å². The number of benzene rings is 3. The minimum Gasteiger partial charge on any atom is -0.457 e. The third kappa shape index (κ3) is 8.24. The molecule has 1 N–H and O–H groups in total. The highest BCUT2D eigenvalue weighted by atomic mass is 16.5. The van der Waals surface area contributed by atoms with Gasteiger partial charge in [-0.2, -0.15) is 0 Å². The number of nitrogens with one attached hydrogen (secondary N) is 1. The number of rotatable bonds is 11. The normalized spacial score (nSPS) is 10.3. The molecule has 3 rings (SSSR count). The molecule has 0 unspecified atom stereocenters. The number of carbonyl (C=O) groups is 5. The third-order valence-electron chi connectivity index (χ3n) is 5.58. The SMILES string of the molecule is Cc1ccc(C(=O)COC(=O)CCC(=O)Nc2ccc(C(=O)OCC(=O)c3ccccc3)cc2)cc1C. The summed E-state index contributed by atoms with van der Waals surface area (Å²) in [5.74, 6) is -2.38. The summed E-state index contributed by atoms with van der Waals surface area (Å²) in [7, 11) is 0. The molecule has 3 aromatic rings. The molecule has 0 saturated carbocycles. The molecule has 0 aliphatic heterocycles. The highest BCUT2D eigenvalue weighted by Crippen LogP contribution is 2.13. The van der Waals surface area contributed by atoms with Gasteiger partial charge in [-0.15, -0.1) is 0 Å². The standard InChI is InChI=1S/C29H27NO7/c1-19-8-9-23(16-20(19)2)26(32)17-36-28(34)15-14-27(33)30-24-12-10-22(11-13-24)29(35)37-18-25(31)21-6-4-3-5-7-21/h3-13,16H,14-15,17-18H2,1-2H3,(H,30,33). The smallest absolute Gasteiger partial charge is 0.338 e. The van der Waals surface area contributed by atoms with Crippen molar-refractivity contribution >= 4 is 35.1 Å². The average Bonchev–Trinajstić information content (AvgIpc) is 2.91. The number of hydrogen-bond acceptors (Lipinski definition) is 7. The Kier molecular flexibility index (Phi) is 9.43. The van der Waals surface area contributed by atoms with Crippen molar-refractivity contribution in [2.45, 2.75) is 26.7 Å². The Morgan fingerprint density at radius 1 is 0.649 bits per heavy atom. The fourth-order valence-corrected chi connectivity index (χ4v) is 3.27. The predicted molar refractivity (Wildman–Crippen MR) is 137 cm³/mol. The van der Waals surface area contributed by atoms with Crippen LogP contribution in [0, 0.1) is 13.8 Å². The maximum absolute atomic E-state index is 12.2. The van der Waals surface area contributed by atoms with E-state index in [2.05, 4.69) is 5.32 Å². The van der Waals surface area contributed by atoms with E-state index in [1.807, 2.05) is 19.9 Å². The number of anilines is 1. The number of esters is 2. The van der Waals surface area contributed by atoms with E-state index >= 15 is 0 Å². The molecule has 0 saturated heterocycles. The van der Waals surface area contributed by atoms with Crippen molar-refractivity contribution in [3.8, 4) is 0 Å². The summed E-state index contributed by atoms with van der Waals surface area (Å²) < 4.78 is 10.1. The topological polar surface area (TPSA) is 116 Å². The molecule has 8 nitrogen and oxygen atoms in total. The lowest BCUT2D eigenvalue weighted by atomic mass is 10.0. The Morgan fingerprint density at radius 3 is 1.95 bits per heavy atom. The van der Waals surface area contributed by atoms with Gasteiger partial charge in [0.1, 0.15) is 0 Å². The van der Waals surface area contributed by atoms with Gasteiger partial charge in [-0.25, -0.2) is 4.79 Å². The van der Waals surface area contributed by atoms with Gasteiger partial charge in [0, 0.05) is 23.2 Å². The van der Waals surface area contributed by atoms with Gasteiger partial charge in [-0.05, 0) is 55.3 Å². The van der Waals surface area contributed by atoms with E-state index < -0.39 is 24.5 Å².